The van der Waals surface area contributed by atoms with Crippen LogP contribution < -0.4 is 14.4 Å². The van der Waals surface area contributed by atoms with Crippen molar-refractivity contribution >= 4 is 34.7 Å². The summed E-state index contributed by atoms with van der Waals surface area (Å²) in [6, 6.07) is 22.2. The fraction of sp³-hybridized carbons (Fsp3) is 0.314. The van der Waals surface area contributed by atoms with E-state index in [1.54, 1.807) is 13.0 Å². The molecule has 1 saturated heterocycles. The van der Waals surface area contributed by atoms with Crippen LogP contribution in [0.4, 0.5) is 10.5 Å². The van der Waals surface area contributed by atoms with Crippen molar-refractivity contribution in [1.82, 2.24) is 9.88 Å². The van der Waals surface area contributed by atoms with Crippen molar-refractivity contribution in [3.8, 4) is 11.5 Å². The number of piperidine rings is 1. The molecule has 0 aliphatic carbocycles. The topological polar surface area (TPSA) is 93.3 Å². The Labute approximate surface area is 256 Å². The molecule has 3 aliphatic rings. The number of H-pyrrole nitrogens is 1. The summed E-state index contributed by atoms with van der Waals surface area (Å²) in [5, 5.41) is 1.20. The van der Waals surface area contributed by atoms with Crippen molar-refractivity contribution < 1.29 is 28.5 Å². The van der Waals surface area contributed by atoms with E-state index >= 15 is 0 Å². The zero-order valence-corrected chi connectivity index (χ0v) is 24.7. The average molecular weight is 594 g/mol. The van der Waals surface area contributed by atoms with E-state index in [0.29, 0.717) is 18.9 Å². The highest BCUT2D eigenvalue weighted by Gasteiger charge is 2.34. The number of nitrogens with one attached hydrogen (secondary N) is 1. The smallest absolute Gasteiger partial charge is 0.454 e. The van der Waals surface area contributed by atoms with Crippen LogP contribution in [0, 0.1) is 0 Å². The summed E-state index contributed by atoms with van der Waals surface area (Å²) >= 11 is 0. The first kappa shape index (κ1) is 27.9. The molecule has 9 nitrogen and oxygen atoms in total. The Morgan fingerprint density at radius 3 is 2.59 bits per heavy atom. The molecule has 0 spiro atoms. The second-order valence-electron chi connectivity index (χ2n) is 11.3. The van der Waals surface area contributed by atoms with Crippen LogP contribution in [-0.2, 0) is 20.7 Å². The van der Waals surface area contributed by atoms with Crippen molar-refractivity contribution in [2.75, 3.05) is 37.9 Å². The lowest BCUT2D eigenvalue weighted by atomic mass is 9.92. The molecule has 1 atom stereocenters. The van der Waals surface area contributed by atoms with Crippen molar-refractivity contribution in [3.63, 3.8) is 0 Å². The number of carbonyl (C=O) groups is 2. The molecule has 4 aromatic rings. The van der Waals surface area contributed by atoms with Gasteiger partial charge in [0.05, 0.1) is 12.6 Å². The number of nitrogens with zero attached hydrogens (tertiary/aromatic N) is 2. The van der Waals surface area contributed by atoms with E-state index in [1.165, 1.54) is 10.9 Å². The molecule has 44 heavy (non-hydrogen) atoms. The van der Waals surface area contributed by atoms with Gasteiger partial charge in [0.25, 0.3) is 0 Å². The molecular formula is C35H35N3O6. The summed E-state index contributed by atoms with van der Waals surface area (Å²) in [7, 11) is 0. The van der Waals surface area contributed by atoms with Crippen LogP contribution in [0.2, 0.25) is 0 Å². The zero-order valence-electron chi connectivity index (χ0n) is 24.7. The van der Waals surface area contributed by atoms with Gasteiger partial charge in [-0.1, -0.05) is 36.4 Å². The Morgan fingerprint density at radius 2 is 1.77 bits per heavy atom. The first-order valence-electron chi connectivity index (χ1n) is 15.2. The number of amides is 1. The molecule has 0 saturated carbocycles. The summed E-state index contributed by atoms with van der Waals surface area (Å²) in [6.07, 6.45) is 5.13. The van der Waals surface area contributed by atoms with Gasteiger partial charge < -0.3 is 33.7 Å². The molecule has 1 fully saturated rings. The minimum Gasteiger partial charge on any atom is -0.454 e. The molecule has 0 bridgehead atoms. The van der Waals surface area contributed by atoms with Crippen molar-refractivity contribution in [2.24, 2.45) is 0 Å². The third-order valence-corrected chi connectivity index (χ3v) is 8.67. The molecule has 7 rings (SSSR count). The van der Waals surface area contributed by atoms with E-state index < -0.39 is 6.16 Å². The SMILES string of the molecule is CCOC(=O)OC1CCN(c2ccc(/C=C/C(=O)N3CCc4c([nH]c5ccccc45)C3c3ccc4c(c3)OCO4)cc2)CC1. The van der Waals surface area contributed by atoms with Gasteiger partial charge in [-0.15, -0.1) is 0 Å². The third-order valence-electron chi connectivity index (χ3n) is 8.67. The second-order valence-corrected chi connectivity index (χ2v) is 11.3. The molecule has 4 heterocycles. The Morgan fingerprint density at radius 1 is 0.977 bits per heavy atom. The number of hydrogen-bond donors (Lipinski definition) is 1. The number of carbonyl (C=O) groups excluding carboxylic acids is 2. The van der Waals surface area contributed by atoms with Gasteiger partial charge in [0.1, 0.15) is 6.10 Å². The quantitative estimate of drug-likeness (QED) is 0.209. The number of ether oxygens (including phenoxy) is 4. The molecule has 1 aromatic heterocycles. The number of aromatic amines is 1. The molecule has 0 radical (unpaired) electrons. The zero-order chi connectivity index (χ0) is 30.0. The van der Waals surface area contributed by atoms with Gasteiger partial charge >= 0.3 is 6.16 Å². The summed E-state index contributed by atoms with van der Waals surface area (Å²) in [5.41, 5.74) is 6.40. The number of anilines is 1. The van der Waals surface area contributed by atoms with E-state index in [0.717, 1.165) is 66.1 Å². The van der Waals surface area contributed by atoms with Gasteiger partial charge in [0, 0.05) is 60.8 Å². The fourth-order valence-electron chi connectivity index (χ4n) is 6.49. The van der Waals surface area contributed by atoms with Gasteiger partial charge in [0.15, 0.2) is 11.5 Å². The molecule has 1 N–H and O–H groups in total. The summed E-state index contributed by atoms with van der Waals surface area (Å²) in [6.45, 7) is 4.48. The summed E-state index contributed by atoms with van der Waals surface area (Å²) in [5.74, 6) is 1.37. The molecule has 226 valence electrons. The van der Waals surface area contributed by atoms with E-state index in [2.05, 4.69) is 40.2 Å². The van der Waals surface area contributed by atoms with E-state index in [1.807, 2.05) is 47.4 Å². The molecule has 3 aliphatic heterocycles. The number of fused-ring (bicyclic) bond motifs is 4. The molecular weight excluding hydrogens is 558 g/mol. The number of hydrogen-bond acceptors (Lipinski definition) is 7. The van der Waals surface area contributed by atoms with Crippen molar-refractivity contribution in [2.45, 2.75) is 38.3 Å². The second kappa shape index (κ2) is 12.0. The van der Waals surface area contributed by atoms with Crippen LogP contribution in [-0.4, -0.2) is 61.1 Å². The molecule has 1 unspecified atom stereocenters. The van der Waals surface area contributed by atoms with Crippen molar-refractivity contribution in [3.05, 3.63) is 95.2 Å². The van der Waals surface area contributed by atoms with E-state index in [4.69, 9.17) is 18.9 Å². The van der Waals surface area contributed by atoms with Crippen LogP contribution in [0.25, 0.3) is 17.0 Å². The maximum atomic E-state index is 13.8. The summed E-state index contributed by atoms with van der Waals surface area (Å²) < 4.78 is 21.5. The highest BCUT2D eigenvalue weighted by Crippen LogP contribution is 2.42. The number of aromatic nitrogens is 1. The number of rotatable bonds is 6. The van der Waals surface area contributed by atoms with Crippen LogP contribution >= 0.6 is 0 Å². The van der Waals surface area contributed by atoms with E-state index in [-0.39, 0.29) is 24.8 Å². The molecule has 1 amide bonds. The summed E-state index contributed by atoms with van der Waals surface area (Å²) in [4.78, 5) is 33.3. The van der Waals surface area contributed by atoms with Gasteiger partial charge in [-0.05, 0) is 66.4 Å². The van der Waals surface area contributed by atoms with Crippen LogP contribution in [0.3, 0.4) is 0 Å². The fourth-order valence-corrected chi connectivity index (χ4v) is 6.49. The highest BCUT2D eigenvalue weighted by molar-refractivity contribution is 5.93. The Kier molecular flexibility index (Phi) is 7.60. The predicted octanol–water partition coefficient (Wildman–Crippen LogP) is 6.23. The maximum Gasteiger partial charge on any atom is 0.508 e. The van der Waals surface area contributed by atoms with Gasteiger partial charge in [-0.2, -0.15) is 0 Å². The largest absolute Gasteiger partial charge is 0.508 e. The first-order valence-corrected chi connectivity index (χ1v) is 15.2. The minimum atomic E-state index is -0.592. The molecule has 9 heteroatoms. The number of benzene rings is 3. The lowest BCUT2D eigenvalue weighted by Crippen LogP contribution is -2.39. The van der Waals surface area contributed by atoms with Gasteiger partial charge in [-0.25, -0.2) is 4.79 Å². The molecule has 3 aromatic carbocycles. The van der Waals surface area contributed by atoms with Gasteiger partial charge in [0.2, 0.25) is 12.7 Å². The Balaban J connectivity index is 1.07. The highest BCUT2D eigenvalue weighted by atomic mass is 16.7. The first-order chi connectivity index (χ1) is 21.6. The Bertz CT molecular complexity index is 1700. The lowest BCUT2D eigenvalue weighted by Gasteiger charge is -2.35. The van der Waals surface area contributed by atoms with Crippen LogP contribution in [0.5, 0.6) is 11.5 Å². The van der Waals surface area contributed by atoms with Crippen LogP contribution in [0.1, 0.15) is 48.2 Å². The predicted molar refractivity (Wildman–Crippen MR) is 167 cm³/mol. The lowest BCUT2D eigenvalue weighted by molar-refractivity contribution is -0.128. The monoisotopic (exact) mass is 593 g/mol. The van der Waals surface area contributed by atoms with Crippen molar-refractivity contribution in [1.29, 1.82) is 0 Å². The maximum absolute atomic E-state index is 13.8. The Hall–Kier alpha value is -4.92. The standard InChI is InChI=1S/C35H35N3O6/c1-2-41-35(40)44-26-15-18-37(19-16-26)25-11-7-23(8-12-25)9-14-32(39)38-20-17-28-27-5-3-4-6-29(27)36-33(28)34(38)24-10-13-30-31(21-24)43-22-42-30/h3-14,21,26,34,36H,2,15-20,22H2,1H3/b14-9+. The average Bonchev–Trinajstić information content (AvgIpc) is 3.68. The third kappa shape index (κ3) is 5.45. The van der Waals surface area contributed by atoms with E-state index in [9.17, 15) is 9.59 Å². The normalized spacial score (nSPS) is 18.1. The van der Waals surface area contributed by atoms with Crippen LogP contribution in [0.15, 0.2) is 72.8 Å². The minimum absolute atomic E-state index is 0.0512. The number of para-hydroxylation sites is 1. The van der Waals surface area contributed by atoms with Gasteiger partial charge in [-0.3, -0.25) is 4.79 Å².